The lowest BCUT2D eigenvalue weighted by Crippen LogP contribution is -2.62. The van der Waals surface area contributed by atoms with E-state index in [1.54, 1.807) is 48.5 Å². The molecule has 4 bridgehead atoms. The number of carbonyl (C=O) groups is 7. The van der Waals surface area contributed by atoms with Crippen molar-refractivity contribution in [3.8, 4) is 0 Å². The number of carbonyl (C=O) groups excluding carboxylic acids is 7. The Morgan fingerprint density at radius 2 is 0.596 bits per heavy atom. The van der Waals surface area contributed by atoms with Gasteiger partial charge in [0, 0.05) is 39.0 Å². The summed E-state index contributed by atoms with van der Waals surface area (Å²) in [4.78, 5) is 80.1. The van der Waals surface area contributed by atoms with Gasteiger partial charge in [-0.3, -0.25) is 0 Å². The van der Waals surface area contributed by atoms with Crippen molar-refractivity contribution in [2.75, 3.05) is 0 Å². The van der Waals surface area contributed by atoms with Crippen molar-refractivity contribution in [2.24, 2.45) is 35.5 Å². The van der Waals surface area contributed by atoms with Gasteiger partial charge in [0.2, 0.25) is 0 Å². The zero-order valence-electron chi connectivity index (χ0n) is 66.0. The van der Waals surface area contributed by atoms with Gasteiger partial charge in [0.15, 0.2) is 0 Å². The van der Waals surface area contributed by atoms with E-state index in [2.05, 4.69) is 87.6 Å². The average molecular weight is 1390 g/mol. The predicted molar refractivity (Wildman–Crippen MR) is 401 cm³/mol. The van der Waals surface area contributed by atoms with Crippen LogP contribution in [0.2, 0.25) is 0 Å². The first kappa shape index (κ1) is 89.6. The molecule has 9 rings (SSSR count). The van der Waals surface area contributed by atoms with E-state index < -0.39 is 5.60 Å². The fraction of sp³-hybridized carbons (Fsp3) is 0.753. The highest BCUT2D eigenvalue weighted by atomic mass is 16.6. The highest BCUT2D eigenvalue weighted by Gasteiger charge is 2.61. The van der Waals surface area contributed by atoms with Crippen molar-refractivity contribution in [1.82, 2.24) is 0 Å². The van der Waals surface area contributed by atoms with E-state index in [0.717, 1.165) is 82.5 Å². The van der Waals surface area contributed by atoms with Gasteiger partial charge in [0.25, 0.3) is 0 Å². The highest BCUT2D eigenvalue weighted by molar-refractivity contribution is 5.90. The molecule has 14 nitrogen and oxygen atoms in total. The molecule has 0 aromatic rings. The standard InChI is InChI=1S/C17H26O2.C14H24O2.C13H22O2.C12H20O2.C11H18O2.C10H16O2.C8H14O2/c1-10(2)16(18)19-17(11(3)4)14-6-12-5-13(8-14)9-15(17)7-12;1-4-14(16-13(15)12(2)3)10-8-6-5-7-9-11-14;1-11(2)12(14)15-13(3)9-7-5-4-6-8-10-13;1-9(2)11(13)14-12(10(3)4)7-5-6-8-12;1-9(2)10(12)13-11(3)7-5-4-6-8-11;1-8(2)9(11)12-10(3)6-4-5-7-10;1-6(2)7(9)10-8(3,4)5/h11-15H,1,5-9H2,2-4H3;2,4-11H2,1,3H3;1,4-10H2,2-3H3;10H,1,5-8H2,2-4H3;1,4-8H2,2-3H3;1,4-7H2,2-3H3;1H2,2-5H3. The minimum absolute atomic E-state index is 0.179. The molecule has 14 heteroatoms. The maximum Gasteiger partial charge on any atom is 0.333 e. The largest absolute Gasteiger partial charge is 0.457 e. The van der Waals surface area contributed by atoms with Crippen LogP contribution in [0.4, 0.5) is 0 Å². The maximum atomic E-state index is 12.1. The first-order chi connectivity index (χ1) is 45.9. The number of hydrogen-bond donors (Lipinski definition) is 0. The first-order valence-corrected chi connectivity index (χ1v) is 38.2. The van der Waals surface area contributed by atoms with Crippen molar-refractivity contribution in [1.29, 1.82) is 0 Å². The van der Waals surface area contributed by atoms with Crippen LogP contribution >= 0.6 is 0 Å². The summed E-state index contributed by atoms with van der Waals surface area (Å²) in [6.07, 6.45) is 38.1. The molecule has 0 atom stereocenters. The summed E-state index contributed by atoms with van der Waals surface area (Å²) in [5.74, 6) is 2.09. The molecule has 0 saturated heterocycles. The summed E-state index contributed by atoms with van der Waals surface area (Å²) in [7, 11) is 0. The molecule has 0 N–H and O–H groups in total. The second-order valence-corrected chi connectivity index (χ2v) is 33.2. The fourth-order valence-electron chi connectivity index (χ4n) is 15.5. The van der Waals surface area contributed by atoms with Crippen molar-refractivity contribution in [3.63, 3.8) is 0 Å². The molecule has 0 unspecified atom stereocenters. The molecule has 0 aliphatic heterocycles. The molecule has 0 spiro atoms. The van der Waals surface area contributed by atoms with Crippen molar-refractivity contribution in [3.05, 3.63) is 85.1 Å². The van der Waals surface area contributed by atoms with E-state index in [1.165, 1.54) is 141 Å². The Balaban J connectivity index is 0.000000396. The Labute approximate surface area is 601 Å². The van der Waals surface area contributed by atoms with Gasteiger partial charge >= 0.3 is 41.8 Å². The minimum atomic E-state index is -0.407. The van der Waals surface area contributed by atoms with Gasteiger partial charge in [-0.25, -0.2) is 33.6 Å². The summed E-state index contributed by atoms with van der Waals surface area (Å²) < 4.78 is 38.6. The second-order valence-electron chi connectivity index (χ2n) is 33.2. The molecule has 0 radical (unpaired) electrons. The number of hydrogen-bond acceptors (Lipinski definition) is 14. The molecule has 9 aliphatic rings. The first-order valence-electron chi connectivity index (χ1n) is 38.2. The van der Waals surface area contributed by atoms with Gasteiger partial charge in [-0.15, -0.1) is 0 Å². The van der Waals surface area contributed by atoms with Gasteiger partial charge in [0.05, 0.1) is 0 Å². The lowest BCUT2D eigenvalue weighted by atomic mass is 9.47. The molecule has 9 saturated carbocycles. The van der Waals surface area contributed by atoms with Crippen molar-refractivity contribution in [2.45, 2.75) is 376 Å². The molecule has 564 valence electrons. The molecule has 9 fully saturated rings. The van der Waals surface area contributed by atoms with E-state index in [0.29, 0.717) is 62.7 Å². The summed E-state index contributed by atoms with van der Waals surface area (Å²) in [5.41, 5.74) is 1.73. The fourth-order valence-corrected chi connectivity index (χ4v) is 15.5. The Kier molecular flexibility index (Phi) is 37.6. The van der Waals surface area contributed by atoms with Gasteiger partial charge in [-0.2, -0.15) is 0 Å². The lowest BCUT2D eigenvalue weighted by molar-refractivity contribution is -0.221. The van der Waals surface area contributed by atoms with E-state index >= 15 is 0 Å². The molecule has 0 heterocycles. The molecule has 9 aliphatic carbocycles. The van der Waals surface area contributed by atoms with E-state index in [9.17, 15) is 33.6 Å². The van der Waals surface area contributed by atoms with Crippen LogP contribution in [0.15, 0.2) is 85.1 Å². The monoisotopic (exact) mass is 1390 g/mol. The number of esters is 7. The quantitative estimate of drug-likeness (QED) is 0.0807. The third kappa shape index (κ3) is 30.9. The molecular formula is C85H140O14. The summed E-state index contributed by atoms with van der Waals surface area (Å²) >= 11 is 0. The van der Waals surface area contributed by atoms with E-state index in [-0.39, 0.29) is 75.4 Å². The van der Waals surface area contributed by atoms with Crippen LogP contribution in [-0.4, -0.2) is 81.0 Å². The van der Waals surface area contributed by atoms with Crippen LogP contribution in [0.25, 0.3) is 0 Å². The maximum absolute atomic E-state index is 12.1. The molecule has 0 amide bonds. The van der Waals surface area contributed by atoms with Gasteiger partial charge in [-0.05, 0) is 292 Å². The molecule has 0 aromatic heterocycles. The summed E-state index contributed by atoms with van der Waals surface area (Å²) in [5, 5.41) is 0. The minimum Gasteiger partial charge on any atom is -0.457 e. The summed E-state index contributed by atoms with van der Waals surface area (Å²) in [6, 6.07) is 0. The number of rotatable bonds is 16. The third-order valence-electron chi connectivity index (χ3n) is 21.4. The van der Waals surface area contributed by atoms with Crippen LogP contribution in [0.1, 0.15) is 337 Å². The smallest absolute Gasteiger partial charge is 0.333 e. The topological polar surface area (TPSA) is 184 Å². The van der Waals surface area contributed by atoms with Crippen LogP contribution in [0.5, 0.6) is 0 Å². The zero-order valence-corrected chi connectivity index (χ0v) is 66.0. The Morgan fingerprint density at radius 3 is 0.869 bits per heavy atom. The van der Waals surface area contributed by atoms with Crippen LogP contribution in [-0.2, 0) is 66.7 Å². The van der Waals surface area contributed by atoms with Crippen molar-refractivity contribution >= 4 is 41.8 Å². The van der Waals surface area contributed by atoms with E-state index in [4.69, 9.17) is 33.2 Å². The lowest BCUT2D eigenvalue weighted by Gasteiger charge is -2.61. The average Bonchev–Trinajstić information content (AvgIpc) is 0.955. The third-order valence-corrected chi connectivity index (χ3v) is 21.4. The number of ether oxygens (including phenoxy) is 7. The Hall–Kier alpha value is -5.53. The summed E-state index contributed by atoms with van der Waals surface area (Å²) in [6.45, 7) is 59.5. The zero-order chi connectivity index (χ0) is 75.3. The SMILES string of the molecule is C=C(C)C(=O)OC(C)(C)C.C=C(C)C(=O)OC1(C(C)C)C2CC3CC(C2)CC1C3.C=C(C)C(=O)OC1(C(C)C)CCCC1.C=C(C)C(=O)OC1(C)CCCC1.C=C(C)C(=O)OC1(C)CCCCC1.C=C(C)C(=O)OC1(C)CCCCCCC1.C=C(C)C(=O)OC1(CC)CCCCCCC1. The second kappa shape index (κ2) is 41.5. The molecule has 0 aromatic carbocycles. The van der Waals surface area contributed by atoms with Crippen LogP contribution in [0.3, 0.4) is 0 Å². The van der Waals surface area contributed by atoms with Gasteiger partial charge in [-0.1, -0.05) is 126 Å². The predicted octanol–water partition coefficient (Wildman–Crippen LogP) is 21.8. The Morgan fingerprint density at radius 1 is 0.343 bits per heavy atom. The van der Waals surface area contributed by atoms with Gasteiger partial charge in [0.1, 0.15) is 39.2 Å². The van der Waals surface area contributed by atoms with Gasteiger partial charge < -0.3 is 33.2 Å². The molecular weight excluding hydrogens is 1240 g/mol. The van der Waals surface area contributed by atoms with E-state index in [1.807, 2.05) is 34.6 Å². The van der Waals surface area contributed by atoms with Crippen LogP contribution in [0, 0.1) is 35.5 Å². The highest BCUT2D eigenvalue weighted by Crippen LogP contribution is 2.62. The van der Waals surface area contributed by atoms with Crippen LogP contribution < -0.4 is 0 Å². The molecule has 99 heavy (non-hydrogen) atoms. The van der Waals surface area contributed by atoms with Crippen molar-refractivity contribution < 1.29 is 66.7 Å². The normalized spacial score (nSPS) is 24.0. The Bertz CT molecular complexity index is 2680.